The van der Waals surface area contributed by atoms with E-state index in [0.717, 1.165) is 24.9 Å². The third kappa shape index (κ3) is 3.48. The highest BCUT2D eigenvalue weighted by atomic mass is 32.2. The van der Waals surface area contributed by atoms with Gasteiger partial charge in [-0.3, -0.25) is 4.99 Å². The van der Waals surface area contributed by atoms with E-state index in [1.54, 1.807) is 0 Å². The van der Waals surface area contributed by atoms with Crippen molar-refractivity contribution in [3.63, 3.8) is 0 Å². The zero-order valence-electron chi connectivity index (χ0n) is 12.3. The van der Waals surface area contributed by atoms with E-state index in [2.05, 4.69) is 12.2 Å². The molecule has 3 rings (SSSR count). The lowest BCUT2D eigenvalue weighted by Crippen LogP contribution is -2.36. The molecule has 1 spiro atoms. The van der Waals surface area contributed by atoms with Crippen molar-refractivity contribution in [2.24, 2.45) is 22.2 Å². The van der Waals surface area contributed by atoms with Crippen LogP contribution in [0.5, 0.6) is 0 Å². The number of rotatable bonds is 2. The number of thioether (sulfide) groups is 1. The van der Waals surface area contributed by atoms with Crippen molar-refractivity contribution in [2.45, 2.75) is 58.3 Å². The Hall–Kier alpha value is -0.180. The molecule has 0 aromatic carbocycles. The summed E-state index contributed by atoms with van der Waals surface area (Å²) in [5.41, 5.74) is 0.579. The molecule has 2 nitrogen and oxygen atoms in total. The number of aliphatic imine (C=N–C) groups is 1. The van der Waals surface area contributed by atoms with Crippen LogP contribution in [-0.4, -0.2) is 24.0 Å². The second-order valence-corrected chi connectivity index (χ2v) is 8.10. The third-order valence-corrected chi connectivity index (χ3v) is 6.63. The Morgan fingerprint density at radius 1 is 1.26 bits per heavy atom. The monoisotopic (exact) mass is 280 g/mol. The van der Waals surface area contributed by atoms with E-state index in [1.165, 1.54) is 62.3 Å². The molecule has 108 valence electrons. The molecule has 0 aromatic rings. The molecule has 3 heteroatoms. The Morgan fingerprint density at radius 3 is 2.79 bits per heavy atom. The molecule has 2 atom stereocenters. The summed E-state index contributed by atoms with van der Waals surface area (Å²) in [6, 6.07) is 0. The topological polar surface area (TPSA) is 24.4 Å². The molecule has 0 radical (unpaired) electrons. The molecule has 2 aliphatic carbocycles. The number of nitrogens with one attached hydrogen (secondary N) is 1. The molecule has 1 N–H and O–H groups in total. The molecule has 3 aliphatic rings. The standard InChI is InChI=1S/C16H28N2S/c1-13-5-4-6-14(9-13)10-17-15-18-11-16(12-19-15)7-2-3-8-16/h13-14H,2-12H2,1H3,(H,17,18). The summed E-state index contributed by atoms with van der Waals surface area (Å²) in [5.74, 6) is 3.12. The van der Waals surface area contributed by atoms with Gasteiger partial charge in [0.05, 0.1) is 0 Å². The minimum atomic E-state index is 0.579. The first kappa shape index (κ1) is 13.8. The maximum absolute atomic E-state index is 4.84. The van der Waals surface area contributed by atoms with Crippen LogP contribution < -0.4 is 5.32 Å². The van der Waals surface area contributed by atoms with Crippen LogP contribution in [0.4, 0.5) is 0 Å². The molecule has 2 unspecified atom stereocenters. The number of hydrogen-bond acceptors (Lipinski definition) is 3. The van der Waals surface area contributed by atoms with E-state index in [9.17, 15) is 0 Å². The van der Waals surface area contributed by atoms with Gasteiger partial charge in [-0.1, -0.05) is 44.4 Å². The molecular formula is C16H28N2S. The van der Waals surface area contributed by atoms with Crippen molar-refractivity contribution < 1.29 is 0 Å². The van der Waals surface area contributed by atoms with Gasteiger partial charge < -0.3 is 5.32 Å². The van der Waals surface area contributed by atoms with Crippen molar-refractivity contribution in [1.82, 2.24) is 5.32 Å². The predicted molar refractivity (Wildman–Crippen MR) is 84.8 cm³/mol. The molecule has 0 amide bonds. The maximum atomic E-state index is 4.84. The largest absolute Gasteiger partial charge is 0.365 e. The van der Waals surface area contributed by atoms with Gasteiger partial charge in [0.2, 0.25) is 0 Å². The van der Waals surface area contributed by atoms with Crippen molar-refractivity contribution in [3.8, 4) is 0 Å². The van der Waals surface area contributed by atoms with Gasteiger partial charge >= 0.3 is 0 Å². The fourth-order valence-electron chi connectivity index (χ4n) is 4.06. The third-order valence-electron chi connectivity index (χ3n) is 5.32. The second kappa shape index (κ2) is 6.07. The molecule has 0 saturated heterocycles. The summed E-state index contributed by atoms with van der Waals surface area (Å²) < 4.78 is 0. The summed E-state index contributed by atoms with van der Waals surface area (Å²) in [4.78, 5) is 4.84. The number of amidine groups is 1. The summed E-state index contributed by atoms with van der Waals surface area (Å²) in [6.07, 6.45) is 11.4. The first-order valence-electron chi connectivity index (χ1n) is 8.17. The van der Waals surface area contributed by atoms with E-state index >= 15 is 0 Å². The highest BCUT2D eigenvalue weighted by Gasteiger charge is 2.36. The summed E-state index contributed by atoms with van der Waals surface area (Å²) >= 11 is 1.99. The fourth-order valence-corrected chi connectivity index (χ4v) is 5.23. The summed E-state index contributed by atoms with van der Waals surface area (Å²) in [5, 5.41) is 4.86. The van der Waals surface area contributed by atoms with Crippen LogP contribution in [0.15, 0.2) is 4.99 Å². The predicted octanol–water partition coefficient (Wildman–Crippen LogP) is 4.07. The lowest BCUT2D eigenvalue weighted by atomic mass is 9.82. The quantitative estimate of drug-likeness (QED) is 0.824. The van der Waals surface area contributed by atoms with Gasteiger partial charge in [-0.25, -0.2) is 0 Å². The van der Waals surface area contributed by atoms with E-state index in [1.807, 2.05) is 11.8 Å². The van der Waals surface area contributed by atoms with Crippen LogP contribution in [0.1, 0.15) is 58.3 Å². The fraction of sp³-hybridized carbons (Fsp3) is 0.938. The Bertz CT molecular complexity index is 334. The van der Waals surface area contributed by atoms with Gasteiger partial charge in [-0.15, -0.1) is 0 Å². The van der Waals surface area contributed by atoms with E-state index in [4.69, 9.17) is 4.99 Å². The van der Waals surface area contributed by atoms with Gasteiger partial charge in [0.1, 0.15) is 0 Å². The van der Waals surface area contributed by atoms with E-state index in [-0.39, 0.29) is 0 Å². The van der Waals surface area contributed by atoms with Crippen LogP contribution in [0.25, 0.3) is 0 Å². The minimum Gasteiger partial charge on any atom is -0.365 e. The number of nitrogens with zero attached hydrogens (tertiary/aromatic N) is 1. The SMILES string of the molecule is CC1CCCC(CNC2=NCC3(CCCC3)CS2)C1. The first-order chi connectivity index (χ1) is 9.26. The zero-order chi connectivity index (χ0) is 13.1. The Labute approximate surface area is 122 Å². The van der Waals surface area contributed by atoms with Crippen LogP contribution in [0.2, 0.25) is 0 Å². The Balaban J connectivity index is 1.45. The summed E-state index contributed by atoms with van der Waals surface area (Å²) in [6.45, 7) is 4.65. The maximum Gasteiger partial charge on any atom is 0.156 e. The molecule has 0 bridgehead atoms. The molecule has 19 heavy (non-hydrogen) atoms. The molecule has 2 saturated carbocycles. The molecule has 2 fully saturated rings. The highest BCUT2D eigenvalue weighted by molar-refractivity contribution is 8.13. The van der Waals surface area contributed by atoms with E-state index < -0.39 is 0 Å². The molecule has 1 heterocycles. The van der Waals surface area contributed by atoms with Gasteiger partial charge in [0, 0.05) is 18.8 Å². The average Bonchev–Trinajstić information content (AvgIpc) is 2.87. The second-order valence-electron chi connectivity index (χ2n) is 7.14. The van der Waals surface area contributed by atoms with Crippen LogP contribution in [0, 0.1) is 17.3 Å². The smallest absolute Gasteiger partial charge is 0.156 e. The van der Waals surface area contributed by atoms with Crippen LogP contribution >= 0.6 is 11.8 Å². The lowest BCUT2D eigenvalue weighted by molar-refractivity contribution is 0.282. The van der Waals surface area contributed by atoms with Gasteiger partial charge in [-0.05, 0) is 42.9 Å². The van der Waals surface area contributed by atoms with Crippen molar-refractivity contribution >= 4 is 16.9 Å². The molecular weight excluding hydrogens is 252 g/mol. The van der Waals surface area contributed by atoms with Gasteiger partial charge in [-0.2, -0.15) is 0 Å². The van der Waals surface area contributed by atoms with Gasteiger partial charge in [0.15, 0.2) is 5.17 Å². The van der Waals surface area contributed by atoms with Crippen LogP contribution in [0.3, 0.4) is 0 Å². The highest BCUT2D eigenvalue weighted by Crippen LogP contribution is 2.43. The number of hydrogen-bond donors (Lipinski definition) is 1. The minimum absolute atomic E-state index is 0.579. The van der Waals surface area contributed by atoms with Crippen molar-refractivity contribution in [3.05, 3.63) is 0 Å². The van der Waals surface area contributed by atoms with Crippen molar-refractivity contribution in [1.29, 1.82) is 0 Å². The van der Waals surface area contributed by atoms with Gasteiger partial charge in [0.25, 0.3) is 0 Å². The lowest BCUT2D eigenvalue weighted by Gasteiger charge is -2.32. The molecule has 1 aliphatic heterocycles. The average molecular weight is 280 g/mol. The normalized spacial score (nSPS) is 34.3. The molecule has 0 aromatic heterocycles. The first-order valence-corrected chi connectivity index (χ1v) is 9.15. The summed E-state index contributed by atoms with van der Waals surface area (Å²) in [7, 11) is 0. The zero-order valence-corrected chi connectivity index (χ0v) is 13.1. The van der Waals surface area contributed by atoms with E-state index in [0.29, 0.717) is 5.41 Å². The Kier molecular flexibility index (Phi) is 4.40. The Morgan fingerprint density at radius 2 is 2.11 bits per heavy atom. The van der Waals surface area contributed by atoms with Crippen LogP contribution in [-0.2, 0) is 0 Å². The van der Waals surface area contributed by atoms with Crippen molar-refractivity contribution in [2.75, 3.05) is 18.8 Å².